The van der Waals surface area contributed by atoms with E-state index < -0.39 is 5.91 Å². The van der Waals surface area contributed by atoms with E-state index in [0.29, 0.717) is 13.0 Å². The van der Waals surface area contributed by atoms with Crippen LogP contribution in [0.5, 0.6) is 0 Å². The number of esters is 1. The van der Waals surface area contributed by atoms with E-state index in [-0.39, 0.29) is 17.8 Å². The van der Waals surface area contributed by atoms with Crippen LogP contribution in [-0.4, -0.2) is 18.5 Å². The number of nitrogens with two attached hydrogens (primary N) is 1. The van der Waals surface area contributed by atoms with Crippen LogP contribution in [0.3, 0.4) is 0 Å². The fourth-order valence-electron chi connectivity index (χ4n) is 1.02. The van der Waals surface area contributed by atoms with Crippen molar-refractivity contribution in [2.24, 2.45) is 17.6 Å². The van der Waals surface area contributed by atoms with Crippen LogP contribution in [0.2, 0.25) is 0 Å². The zero-order chi connectivity index (χ0) is 8.43. The Morgan fingerprint density at radius 1 is 1.55 bits per heavy atom. The van der Waals surface area contributed by atoms with Gasteiger partial charge in [-0.15, -0.1) is 0 Å². The smallest absolute Gasteiger partial charge is 0.309 e. The molecule has 1 fully saturated rings. The molecule has 0 aromatic heterocycles. The lowest BCUT2D eigenvalue weighted by atomic mass is 10.3. The molecule has 62 valence electrons. The Balaban J connectivity index is 2.32. The molecule has 1 aliphatic rings. The zero-order valence-corrected chi connectivity index (χ0v) is 6.37. The van der Waals surface area contributed by atoms with Gasteiger partial charge in [-0.25, -0.2) is 0 Å². The predicted molar refractivity (Wildman–Crippen MR) is 37.4 cm³/mol. The summed E-state index contributed by atoms with van der Waals surface area (Å²) >= 11 is 0. The van der Waals surface area contributed by atoms with Gasteiger partial charge in [0.2, 0.25) is 5.91 Å². The van der Waals surface area contributed by atoms with Crippen molar-refractivity contribution in [3.8, 4) is 0 Å². The van der Waals surface area contributed by atoms with Gasteiger partial charge < -0.3 is 10.5 Å². The summed E-state index contributed by atoms with van der Waals surface area (Å²) < 4.78 is 4.70. The SMILES string of the molecule is CCOC(=O)[C@H]1C[C@H]1C(N)=O. The molecule has 2 atom stereocenters. The van der Waals surface area contributed by atoms with Gasteiger partial charge in [0.25, 0.3) is 0 Å². The Kier molecular flexibility index (Phi) is 2.12. The van der Waals surface area contributed by atoms with Gasteiger partial charge in [-0.05, 0) is 13.3 Å². The minimum absolute atomic E-state index is 0.257. The summed E-state index contributed by atoms with van der Waals surface area (Å²) in [5, 5.41) is 0. The Morgan fingerprint density at radius 3 is 2.55 bits per heavy atom. The largest absolute Gasteiger partial charge is 0.466 e. The summed E-state index contributed by atoms with van der Waals surface area (Å²) in [7, 11) is 0. The summed E-state index contributed by atoms with van der Waals surface area (Å²) in [4.78, 5) is 21.4. The maximum Gasteiger partial charge on any atom is 0.309 e. The zero-order valence-electron chi connectivity index (χ0n) is 6.37. The van der Waals surface area contributed by atoms with Gasteiger partial charge in [0, 0.05) is 0 Å². The van der Waals surface area contributed by atoms with Crippen LogP contribution in [0.15, 0.2) is 0 Å². The van der Waals surface area contributed by atoms with Crippen molar-refractivity contribution in [3.63, 3.8) is 0 Å². The molecule has 0 aliphatic heterocycles. The van der Waals surface area contributed by atoms with Crippen molar-refractivity contribution in [2.75, 3.05) is 6.61 Å². The van der Waals surface area contributed by atoms with E-state index in [2.05, 4.69) is 0 Å². The Bertz CT molecular complexity index is 190. The standard InChI is InChI=1S/C7H11NO3/c1-2-11-7(10)5-3-4(5)6(8)9/h4-5H,2-3H2,1H3,(H2,8,9)/t4-,5+/m1/s1. The highest BCUT2D eigenvalue weighted by atomic mass is 16.5. The number of hydrogen-bond acceptors (Lipinski definition) is 3. The molecule has 0 saturated heterocycles. The Labute approximate surface area is 64.7 Å². The highest BCUT2D eigenvalue weighted by Gasteiger charge is 2.48. The monoisotopic (exact) mass is 157 g/mol. The van der Waals surface area contributed by atoms with E-state index in [9.17, 15) is 9.59 Å². The van der Waals surface area contributed by atoms with Crippen molar-refractivity contribution in [2.45, 2.75) is 13.3 Å². The van der Waals surface area contributed by atoms with Crippen LogP contribution in [0.25, 0.3) is 0 Å². The van der Waals surface area contributed by atoms with E-state index in [4.69, 9.17) is 10.5 Å². The minimum Gasteiger partial charge on any atom is -0.466 e. The molecule has 4 nitrogen and oxygen atoms in total. The molecular weight excluding hydrogens is 146 g/mol. The van der Waals surface area contributed by atoms with Gasteiger partial charge >= 0.3 is 5.97 Å². The third-order valence-corrected chi connectivity index (χ3v) is 1.75. The maximum atomic E-state index is 10.9. The number of ether oxygens (including phenoxy) is 1. The molecule has 1 saturated carbocycles. The van der Waals surface area contributed by atoms with Gasteiger partial charge in [-0.3, -0.25) is 9.59 Å². The molecule has 4 heteroatoms. The van der Waals surface area contributed by atoms with Crippen LogP contribution < -0.4 is 5.73 Å². The Morgan fingerprint density at radius 2 is 2.18 bits per heavy atom. The molecule has 0 aromatic carbocycles. The average Bonchev–Trinajstić information content (AvgIpc) is 2.65. The van der Waals surface area contributed by atoms with Gasteiger partial charge in [-0.2, -0.15) is 0 Å². The molecule has 0 unspecified atom stereocenters. The van der Waals surface area contributed by atoms with E-state index in [0.717, 1.165) is 0 Å². The van der Waals surface area contributed by atoms with Crippen LogP contribution in [0.1, 0.15) is 13.3 Å². The first kappa shape index (κ1) is 8.04. The molecule has 1 aliphatic carbocycles. The number of amides is 1. The van der Waals surface area contributed by atoms with Crippen molar-refractivity contribution < 1.29 is 14.3 Å². The van der Waals surface area contributed by atoms with Gasteiger partial charge in [-0.1, -0.05) is 0 Å². The minimum atomic E-state index is -0.400. The quantitative estimate of drug-likeness (QED) is 0.570. The van der Waals surface area contributed by atoms with Crippen LogP contribution in [0, 0.1) is 11.8 Å². The third kappa shape index (κ3) is 1.69. The molecule has 1 amide bonds. The summed E-state index contributed by atoms with van der Waals surface area (Å²) in [6, 6.07) is 0. The van der Waals surface area contributed by atoms with Gasteiger partial charge in [0.1, 0.15) is 0 Å². The Hall–Kier alpha value is -1.06. The highest BCUT2D eigenvalue weighted by molar-refractivity contribution is 5.89. The lowest BCUT2D eigenvalue weighted by Gasteiger charge is -1.97. The topological polar surface area (TPSA) is 69.4 Å². The first-order chi connectivity index (χ1) is 5.16. The first-order valence-corrected chi connectivity index (χ1v) is 3.62. The van der Waals surface area contributed by atoms with Crippen LogP contribution >= 0.6 is 0 Å². The summed E-state index contributed by atoms with van der Waals surface area (Å²) in [5.74, 6) is -1.22. The number of carbonyl (C=O) groups is 2. The van der Waals surface area contributed by atoms with E-state index in [1.54, 1.807) is 6.92 Å². The molecule has 1 rings (SSSR count). The van der Waals surface area contributed by atoms with E-state index >= 15 is 0 Å². The summed E-state index contributed by atoms with van der Waals surface area (Å²) in [6.07, 6.45) is 0.564. The number of carbonyl (C=O) groups excluding carboxylic acids is 2. The molecule has 2 N–H and O–H groups in total. The fourth-order valence-corrected chi connectivity index (χ4v) is 1.02. The first-order valence-electron chi connectivity index (χ1n) is 3.62. The predicted octanol–water partition coefficient (Wildman–Crippen LogP) is -0.329. The van der Waals surface area contributed by atoms with E-state index in [1.807, 2.05) is 0 Å². The lowest BCUT2D eigenvalue weighted by molar-refractivity contribution is -0.145. The van der Waals surface area contributed by atoms with Gasteiger partial charge in [0.15, 0.2) is 0 Å². The molecule has 0 bridgehead atoms. The molecular formula is C7H11NO3. The second-order valence-electron chi connectivity index (χ2n) is 2.60. The van der Waals surface area contributed by atoms with Crippen LogP contribution in [0.4, 0.5) is 0 Å². The molecule has 11 heavy (non-hydrogen) atoms. The number of primary amides is 1. The average molecular weight is 157 g/mol. The number of hydrogen-bond donors (Lipinski definition) is 1. The van der Waals surface area contributed by atoms with Crippen LogP contribution in [-0.2, 0) is 14.3 Å². The summed E-state index contributed by atoms with van der Waals surface area (Å²) in [5.41, 5.74) is 4.98. The fraction of sp³-hybridized carbons (Fsp3) is 0.714. The molecule has 0 aromatic rings. The second-order valence-corrected chi connectivity index (χ2v) is 2.60. The molecule has 0 heterocycles. The van der Waals surface area contributed by atoms with Crippen molar-refractivity contribution in [1.82, 2.24) is 0 Å². The number of rotatable bonds is 3. The van der Waals surface area contributed by atoms with E-state index in [1.165, 1.54) is 0 Å². The third-order valence-electron chi connectivity index (χ3n) is 1.75. The van der Waals surface area contributed by atoms with Crippen molar-refractivity contribution in [3.05, 3.63) is 0 Å². The van der Waals surface area contributed by atoms with Crippen molar-refractivity contribution in [1.29, 1.82) is 0 Å². The molecule has 0 radical (unpaired) electrons. The second kappa shape index (κ2) is 2.90. The normalized spacial score (nSPS) is 27.7. The summed E-state index contributed by atoms with van der Waals surface area (Å²) in [6.45, 7) is 2.10. The molecule has 0 spiro atoms. The van der Waals surface area contributed by atoms with Crippen molar-refractivity contribution >= 4 is 11.9 Å². The maximum absolute atomic E-state index is 10.9. The lowest BCUT2D eigenvalue weighted by Crippen LogP contribution is -2.17. The highest BCUT2D eigenvalue weighted by Crippen LogP contribution is 2.38. The van der Waals surface area contributed by atoms with Gasteiger partial charge in [0.05, 0.1) is 18.4 Å².